The molecule has 0 atom stereocenters. The summed E-state index contributed by atoms with van der Waals surface area (Å²) in [6.45, 7) is 1.94. The molecule has 8 heteroatoms. The summed E-state index contributed by atoms with van der Waals surface area (Å²) in [6, 6.07) is 5.62. The maximum absolute atomic E-state index is 11.3. The van der Waals surface area contributed by atoms with Crippen LogP contribution < -0.4 is 5.14 Å². The molecule has 0 spiro atoms. The first-order valence-corrected chi connectivity index (χ1v) is 7.34. The van der Waals surface area contributed by atoms with Crippen LogP contribution >= 0.6 is 15.9 Å². The summed E-state index contributed by atoms with van der Waals surface area (Å²) in [5.74, 6) is 0.439. The molecule has 0 bridgehead atoms. The summed E-state index contributed by atoms with van der Waals surface area (Å²) in [6.07, 6.45) is 0. The molecule has 1 heterocycles. The molecular weight excluding hydrogens is 320 g/mol. The molecule has 0 aliphatic carbocycles. The Hall–Kier alpha value is -1.25. The van der Waals surface area contributed by atoms with Crippen LogP contribution in [0.1, 0.15) is 5.56 Å². The molecular formula is C10H11BrN4O2S. The van der Waals surface area contributed by atoms with Gasteiger partial charge in [0, 0.05) is 17.1 Å². The SMILES string of the molecule is Cc1cccc(-c2nnc(S(N)(=O)=O)n2C)c1Br. The highest BCUT2D eigenvalue weighted by molar-refractivity contribution is 9.10. The van der Waals surface area contributed by atoms with Crippen molar-refractivity contribution < 1.29 is 8.42 Å². The Morgan fingerprint density at radius 1 is 1.33 bits per heavy atom. The number of hydrogen-bond donors (Lipinski definition) is 1. The fourth-order valence-electron chi connectivity index (χ4n) is 1.62. The summed E-state index contributed by atoms with van der Waals surface area (Å²) < 4.78 is 24.8. The summed E-state index contributed by atoms with van der Waals surface area (Å²) >= 11 is 3.45. The van der Waals surface area contributed by atoms with E-state index in [0.29, 0.717) is 5.82 Å². The van der Waals surface area contributed by atoms with E-state index in [1.54, 1.807) is 7.05 Å². The highest BCUT2D eigenvalue weighted by Crippen LogP contribution is 2.29. The molecule has 18 heavy (non-hydrogen) atoms. The van der Waals surface area contributed by atoms with E-state index in [4.69, 9.17) is 5.14 Å². The van der Waals surface area contributed by atoms with Gasteiger partial charge >= 0.3 is 0 Å². The molecule has 0 fully saturated rings. The van der Waals surface area contributed by atoms with Crippen LogP contribution in [-0.4, -0.2) is 23.2 Å². The lowest BCUT2D eigenvalue weighted by Gasteiger charge is -2.06. The number of nitrogens with two attached hydrogens (primary N) is 1. The third-order valence-corrected chi connectivity index (χ3v) is 4.44. The monoisotopic (exact) mass is 330 g/mol. The van der Waals surface area contributed by atoms with E-state index in [9.17, 15) is 8.42 Å². The molecule has 0 amide bonds. The summed E-state index contributed by atoms with van der Waals surface area (Å²) in [7, 11) is -2.31. The largest absolute Gasteiger partial charge is 0.300 e. The molecule has 0 aliphatic rings. The second kappa shape index (κ2) is 4.45. The van der Waals surface area contributed by atoms with Gasteiger partial charge in [-0.25, -0.2) is 13.6 Å². The van der Waals surface area contributed by atoms with Gasteiger partial charge in [0.1, 0.15) is 0 Å². The average molecular weight is 331 g/mol. The van der Waals surface area contributed by atoms with Crippen molar-refractivity contribution in [1.29, 1.82) is 0 Å². The number of halogens is 1. The van der Waals surface area contributed by atoms with Crippen LogP contribution in [0.25, 0.3) is 11.4 Å². The van der Waals surface area contributed by atoms with Crippen molar-refractivity contribution in [1.82, 2.24) is 14.8 Å². The number of sulfonamides is 1. The Bertz CT molecular complexity index is 709. The highest BCUT2D eigenvalue weighted by Gasteiger charge is 2.20. The summed E-state index contributed by atoms with van der Waals surface area (Å²) in [5.41, 5.74) is 1.78. The van der Waals surface area contributed by atoms with Crippen molar-refractivity contribution in [3.63, 3.8) is 0 Å². The zero-order valence-electron chi connectivity index (χ0n) is 9.75. The van der Waals surface area contributed by atoms with Gasteiger partial charge in [0.2, 0.25) is 0 Å². The molecule has 2 rings (SSSR count). The summed E-state index contributed by atoms with van der Waals surface area (Å²) in [4.78, 5) is 0. The van der Waals surface area contributed by atoms with Crippen molar-refractivity contribution >= 4 is 26.0 Å². The van der Waals surface area contributed by atoms with Crippen molar-refractivity contribution in [3.8, 4) is 11.4 Å². The lowest BCUT2D eigenvalue weighted by atomic mass is 10.1. The minimum atomic E-state index is -3.87. The number of benzene rings is 1. The van der Waals surface area contributed by atoms with E-state index >= 15 is 0 Å². The van der Waals surface area contributed by atoms with E-state index in [0.717, 1.165) is 15.6 Å². The number of nitrogens with zero attached hydrogens (tertiary/aromatic N) is 3. The van der Waals surface area contributed by atoms with Crippen LogP contribution in [0.2, 0.25) is 0 Å². The van der Waals surface area contributed by atoms with Crippen molar-refractivity contribution in [2.75, 3.05) is 0 Å². The van der Waals surface area contributed by atoms with Gasteiger partial charge in [-0.05, 0) is 28.4 Å². The normalized spacial score (nSPS) is 11.8. The number of aryl methyl sites for hydroxylation is 1. The first kappa shape index (κ1) is 13.2. The number of rotatable bonds is 2. The molecule has 96 valence electrons. The van der Waals surface area contributed by atoms with Gasteiger partial charge in [0.15, 0.2) is 5.82 Å². The van der Waals surface area contributed by atoms with Crippen LogP contribution in [0, 0.1) is 6.92 Å². The van der Waals surface area contributed by atoms with Crippen LogP contribution in [0.4, 0.5) is 0 Å². The second-order valence-electron chi connectivity index (χ2n) is 3.85. The Kier molecular flexibility index (Phi) is 3.26. The van der Waals surface area contributed by atoms with Crippen LogP contribution in [0.3, 0.4) is 0 Å². The fraction of sp³-hybridized carbons (Fsp3) is 0.200. The molecule has 0 saturated heterocycles. The third-order valence-electron chi connectivity index (χ3n) is 2.52. The van der Waals surface area contributed by atoms with E-state index in [2.05, 4.69) is 26.1 Å². The Balaban J connectivity index is 2.67. The van der Waals surface area contributed by atoms with Crippen LogP contribution in [0.5, 0.6) is 0 Å². The second-order valence-corrected chi connectivity index (χ2v) is 6.09. The van der Waals surface area contributed by atoms with Crippen molar-refractivity contribution in [2.45, 2.75) is 12.1 Å². The first-order valence-electron chi connectivity index (χ1n) is 5.00. The number of hydrogen-bond acceptors (Lipinski definition) is 4. The zero-order chi connectivity index (χ0) is 13.5. The molecule has 2 N–H and O–H groups in total. The molecule has 1 aromatic carbocycles. The van der Waals surface area contributed by atoms with E-state index < -0.39 is 10.0 Å². The Morgan fingerprint density at radius 3 is 2.56 bits per heavy atom. The van der Waals surface area contributed by atoms with Gasteiger partial charge in [0.05, 0.1) is 0 Å². The maximum Gasteiger partial charge on any atom is 0.273 e. The minimum absolute atomic E-state index is 0.258. The standard InChI is InChI=1S/C10H11BrN4O2S/c1-6-4-3-5-7(8(6)11)9-13-14-10(15(9)2)18(12,16)17/h3-5H,1-2H3,(H2,12,16,17). The van der Waals surface area contributed by atoms with Crippen molar-refractivity contribution in [2.24, 2.45) is 12.2 Å². The van der Waals surface area contributed by atoms with E-state index in [1.807, 2.05) is 25.1 Å². The molecule has 2 aromatic rings. The molecule has 0 radical (unpaired) electrons. The van der Waals surface area contributed by atoms with Crippen LogP contribution in [0.15, 0.2) is 27.8 Å². The van der Waals surface area contributed by atoms with Crippen molar-refractivity contribution in [3.05, 3.63) is 28.2 Å². The summed E-state index contributed by atoms with van der Waals surface area (Å²) in [5, 5.41) is 12.3. The lowest BCUT2D eigenvalue weighted by molar-refractivity contribution is 0.580. The van der Waals surface area contributed by atoms with Gasteiger partial charge in [-0.2, -0.15) is 0 Å². The zero-order valence-corrected chi connectivity index (χ0v) is 12.2. The van der Waals surface area contributed by atoms with E-state index in [-0.39, 0.29) is 5.16 Å². The minimum Gasteiger partial charge on any atom is -0.300 e. The molecule has 0 aliphatic heterocycles. The maximum atomic E-state index is 11.3. The average Bonchev–Trinajstić information content (AvgIpc) is 2.64. The Labute approximate surface area is 113 Å². The first-order chi connectivity index (χ1) is 8.32. The predicted molar refractivity (Wildman–Crippen MR) is 70.2 cm³/mol. The van der Waals surface area contributed by atoms with Gasteiger partial charge in [-0.15, -0.1) is 10.2 Å². The topological polar surface area (TPSA) is 90.9 Å². The third kappa shape index (κ3) is 2.18. The van der Waals surface area contributed by atoms with Gasteiger partial charge < -0.3 is 0 Å². The lowest BCUT2D eigenvalue weighted by Crippen LogP contribution is -2.17. The fourth-order valence-corrected chi connectivity index (χ4v) is 2.68. The van der Waals surface area contributed by atoms with Crippen LogP contribution in [-0.2, 0) is 17.1 Å². The number of primary sulfonamides is 1. The quantitative estimate of drug-likeness (QED) is 0.895. The highest BCUT2D eigenvalue weighted by atomic mass is 79.9. The smallest absolute Gasteiger partial charge is 0.273 e. The molecule has 0 unspecified atom stereocenters. The Morgan fingerprint density at radius 2 is 2.00 bits per heavy atom. The predicted octanol–water partition coefficient (Wildman–Crippen LogP) is 1.20. The van der Waals surface area contributed by atoms with E-state index in [1.165, 1.54) is 4.57 Å². The van der Waals surface area contributed by atoms with Gasteiger partial charge in [0.25, 0.3) is 15.2 Å². The molecule has 1 aromatic heterocycles. The molecule has 0 saturated carbocycles. The molecule has 6 nitrogen and oxygen atoms in total. The van der Waals surface area contributed by atoms with Gasteiger partial charge in [-0.1, -0.05) is 18.2 Å². The van der Waals surface area contributed by atoms with Gasteiger partial charge in [-0.3, -0.25) is 4.57 Å². The number of aromatic nitrogens is 3.